The lowest BCUT2D eigenvalue weighted by Gasteiger charge is -2.42. The fraction of sp³-hybridized carbons (Fsp3) is 0.222. The summed E-state index contributed by atoms with van der Waals surface area (Å²) >= 11 is 0. The maximum absolute atomic E-state index is 4.78. The van der Waals surface area contributed by atoms with Crippen molar-refractivity contribution in [2.75, 3.05) is 0 Å². The van der Waals surface area contributed by atoms with Crippen LogP contribution in [0.5, 0.6) is 0 Å². The molecule has 0 spiro atoms. The molecule has 0 unspecified atom stereocenters. The number of hydrogen-bond donors (Lipinski definition) is 0. The van der Waals surface area contributed by atoms with Crippen molar-refractivity contribution in [3.05, 3.63) is 72.2 Å². The third-order valence-electron chi connectivity index (χ3n) is 4.63. The van der Waals surface area contributed by atoms with E-state index in [0.717, 1.165) is 24.2 Å². The van der Waals surface area contributed by atoms with Crippen molar-refractivity contribution in [1.82, 2.24) is 14.6 Å². The molecule has 21 heavy (non-hydrogen) atoms. The smallest absolute Gasteiger partial charge is 0.155 e. The van der Waals surface area contributed by atoms with Crippen LogP contribution in [0.3, 0.4) is 0 Å². The van der Waals surface area contributed by atoms with E-state index in [9.17, 15) is 0 Å². The highest BCUT2D eigenvalue weighted by atomic mass is 15.2. The van der Waals surface area contributed by atoms with E-state index in [0.29, 0.717) is 0 Å². The summed E-state index contributed by atoms with van der Waals surface area (Å²) in [6.07, 6.45) is 9.24. The number of benzene rings is 1. The zero-order valence-electron chi connectivity index (χ0n) is 11.9. The molecule has 0 radical (unpaired) electrons. The van der Waals surface area contributed by atoms with Gasteiger partial charge in [-0.1, -0.05) is 43.3 Å². The summed E-state index contributed by atoms with van der Waals surface area (Å²) in [6.45, 7) is 3.96. The van der Waals surface area contributed by atoms with Crippen molar-refractivity contribution < 1.29 is 0 Å². The van der Waals surface area contributed by atoms with Gasteiger partial charge in [-0.2, -0.15) is 5.10 Å². The predicted octanol–water partition coefficient (Wildman–Crippen LogP) is 3.84. The largest absolute Gasteiger partial charge is 0.237 e. The highest BCUT2D eigenvalue weighted by molar-refractivity contribution is 5.58. The molecule has 1 saturated carbocycles. The van der Waals surface area contributed by atoms with Gasteiger partial charge in [0, 0.05) is 23.9 Å². The van der Waals surface area contributed by atoms with Crippen LogP contribution in [0.15, 0.2) is 55.4 Å². The van der Waals surface area contributed by atoms with Gasteiger partial charge in [-0.05, 0) is 30.0 Å². The number of hydrogen-bond acceptors (Lipinski definition) is 2. The van der Waals surface area contributed by atoms with Gasteiger partial charge in [0.15, 0.2) is 5.65 Å². The van der Waals surface area contributed by atoms with E-state index < -0.39 is 0 Å². The van der Waals surface area contributed by atoms with E-state index in [4.69, 9.17) is 5.10 Å². The molecule has 0 aliphatic heterocycles. The minimum Gasteiger partial charge on any atom is -0.237 e. The highest BCUT2D eigenvalue weighted by Crippen LogP contribution is 2.49. The van der Waals surface area contributed by atoms with Gasteiger partial charge >= 0.3 is 0 Å². The van der Waals surface area contributed by atoms with Gasteiger partial charge in [0.2, 0.25) is 0 Å². The van der Waals surface area contributed by atoms with E-state index in [1.165, 1.54) is 17.5 Å². The number of aromatic nitrogens is 3. The van der Waals surface area contributed by atoms with Crippen LogP contribution in [0.2, 0.25) is 0 Å². The normalized spacial score (nSPS) is 16.6. The summed E-state index contributed by atoms with van der Waals surface area (Å²) in [5, 5.41) is 4.78. The first kappa shape index (κ1) is 12.3. The lowest BCUT2D eigenvalue weighted by atomic mass is 9.61. The molecule has 0 N–H and O–H groups in total. The van der Waals surface area contributed by atoms with Crippen LogP contribution in [0, 0.1) is 0 Å². The third-order valence-corrected chi connectivity index (χ3v) is 4.63. The molecule has 1 aliphatic carbocycles. The fourth-order valence-corrected chi connectivity index (χ4v) is 3.37. The molecule has 4 rings (SSSR count). The lowest BCUT2D eigenvalue weighted by Crippen LogP contribution is -2.36. The Morgan fingerprint density at radius 2 is 2.05 bits per heavy atom. The summed E-state index contributed by atoms with van der Waals surface area (Å²) < 4.78 is 1.87. The minimum atomic E-state index is 0.0263. The molecular weight excluding hydrogens is 258 g/mol. The molecule has 3 aromatic rings. The van der Waals surface area contributed by atoms with E-state index in [2.05, 4.69) is 41.9 Å². The van der Waals surface area contributed by atoms with Gasteiger partial charge in [0.1, 0.15) is 0 Å². The summed E-state index contributed by atoms with van der Waals surface area (Å²) in [6, 6.07) is 12.6. The van der Waals surface area contributed by atoms with E-state index in [-0.39, 0.29) is 5.41 Å². The Hall–Kier alpha value is -2.42. The van der Waals surface area contributed by atoms with Crippen molar-refractivity contribution in [2.24, 2.45) is 0 Å². The average molecular weight is 275 g/mol. The molecule has 3 heteroatoms. The molecule has 1 aliphatic rings. The van der Waals surface area contributed by atoms with Crippen LogP contribution < -0.4 is 0 Å². The molecular formula is C18H17N3. The van der Waals surface area contributed by atoms with Gasteiger partial charge in [-0.25, -0.2) is 9.50 Å². The summed E-state index contributed by atoms with van der Waals surface area (Å²) in [5.74, 6) is 0. The first-order valence-corrected chi connectivity index (χ1v) is 7.36. The van der Waals surface area contributed by atoms with Gasteiger partial charge in [-0.3, -0.25) is 0 Å². The van der Waals surface area contributed by atoms with Crippen LogP contribution in [0.25, 0.3) is 11.7 Å². The fourth-order valence-electron chi connectivity index (χ4n) is 3.37. The number of nitrogens with zero attached hydrogens (tertiary/aromatic N) is 3. The maximum Gasteiger partial charge on any atom is 0.155 e. The molecule has 0 saturated heterocycles. The Kier molecular flexibility index (Phi) is 2.67. The molecule has 1 fully saturated rings. The number of rotatable bonds is 3. The molecule has 2 aromatic heterocycles. The first-order chi connectivity index (χ1) is 10.3. The zero-order valence-corrected chi connectivity index (χ0v) is 11.9. The number of fused-ring (bicyclic) bond motifs is 1. The topological polar surface area (TPSA) is 30.2 Å². The molecule has 3 nitrogen and oxygen atoms in total. The van der Waals surface area contributed by atoms with Crippen LogP contribution >= 0.6 is 0 Å². The molecule has 0 atom stereocenters. The third kappa shape index (κ3) is 1.74. The second-order valence-corrected chi connectivity index (χ2v) is 5.68. The quantitative estimate of drug-likeness (QED) is 0.727. The monoisotopic (exact) mass is 275 g/mol. The maximum atomic E-state index is 4.78. The van der Waals surface area contributed by atoms with Crippen molar-refractivity contribution in [3.63, 3.8) is 0 Å². The summed E-state index contributed by atoms with van der Waals surface area (Å²) in [7, 11) is 0. The lowest BCUT2D eigenvalue weighted by molar-refractivity contribution is 0.292. The Morgan fingerprint density at radius 1 is 1.19 bits per heavy atom. The Bertz CT molecular complexity index is 779. The van der Waals surface area contributed by atoms with Crippen LogP contribution in [0.4, 0.5) is 0 Å². The summed E-state index contributed by atoms with van der Waals surface area (Å²) in [4.78, 5) is 4.39. The summed E-state index contributed by atoms with van der Waals surface area (Å²) in [5.41, 5.74) is 4.62. The molecule has 104 valence electrons. The second kappa shape index (κ2) is 4.55. The van der Waals surface area contributed by atoms with Crippen molar-refractivity contribution >= 4 is 11.7 Å². The van der Waals surface area contributed by atoms with Crippen LogP contribution in [0.1, 0.15) is 36.1 Å². The van der Waals surface area contributed by atoms with Crippen molar-refractivity contribution in [2.45, 2.75) is 24.7 Å². The van der Waals surface area contributed by atoms with Crippen LogP contribution in [-0.4, -0.2) is 14.6 Å². The second-order valence-electron chi connectivity index (χ2n) is 5.68. The minimum absolute atomic E-state index is 0.0263. The van der Waals surface area contributed by atoms with Crippen molar-refractivity contribution in [3.8, 4) is 0 Å². The van der Waals surface area contributed by atoms with Gasteiger partial charge in [0.05, 0.1) is 5.69 Å². The van der Waals surface area contributed by atoms with Crippen LogP contribution in [-0.2, 0) is 5.41 Å². The molecule has 1 aromatic carbocycles. The molecule has 2 heterocycles. The average Bonchev–Trinajstić information content (AvgIpc) is 2.90. The predicted molar refractivity (Wildman–Crippen MR) is 84.2 cm³/mol. The Balaban J connectivity index is 1.92. The van der Waals surface area contributed by atoms with Gasteiger partial charge in [0.25, 0.3) is 0 Å². The molecule has 0 amide bonds. The van der Waals surface area contributed by atoms with E-state index >= 15 is 0 Å². The van der Waals surface area contributed by atoms with E-state index in [1.54, 1.807) is 0 Å². The van der Waals surface area contributed by atoms with E-state index in [1.807, 2.05) is 29.1 Å². The van der Waals surface area contributed by atoms with Gasteiger partial charge < -0.3 is 0 Å². The Morgan fingerprint density at radius 3 is 2.76 bits per heavy atom. The van der Waals surface area contributed by atoms with Crippen molar-refractivity contribution in [1.29, 1.82) is 0 Å². The first-order valence-electron chi connectivity index (χ1n) is 7.36. The molecule has 0 bridgehead atoms. The highest BCUT2D eigenvalue weighted by Gasteiger charge is 2.43. The standard InChI is InChI=1S/C18H17N3/c1-2-14-7-3-4-8-15(14)18(9-5-10-18)16-13-17-19-11-6-12-21(17)20-16/h2-4,6-8,11-13H,1,5,9-10H2. The zero-order chi connectivity index (χ0) is 14.3. The van der Waals surface area contributed by atoms with Gasteiger partial charge in [-0.15, -0.1) is 0 Å². The SMILES string of the molecule is C=Cc1ccccc1C1(c2cc3ncccn3n2)CCC1. The Labute approximate surface area is 124 Å².